The standard InChI is InChI=1S/C14H12ClFN2O2/c1-8-11(14(19)18-6-3-7-18)13(17-20-8)12-9(15)4-2-5-10(12)16/h2,4-5H,3,6-7H2,1H3. The Morgan fingerprint density at radius 2 is 2.20 bits per heavy atom. The Bertz CT molecular complexity index is 660. The van der Waals surface area contributed by atoms with Crippen molar-refractivity contribution in [2.24, 2.45) is 0 Å². The molecule has 0 aliphatic carbocycles. The van der Waals surface area contributed by atoms with Crippen LogP contribution in [0.1, 0.15) is 22.5 Å². The molecule has 2 heterocycles. The highest BCUT2D eigenvalue weighted by atomic mass is 35.5. The third kappa shape index (κ3) is 1.98. The summed E-state index contributed by atoms with van der Waals surface area (Å²) in [5, 5.41) is 4.03. The first kappa shape index (κ1) is 13.1. The summed E-state index contributed by atoms with van der Waals surface area (Å²) in [7, 11) is 0. The third-order valence-corrected chi connectivity index (χ3v) is 3.73. The van der Waals surface area contributed by atoms with Gasteiger partial charge in [-0.05, 0) is 25.5 Å². The molecule has 3 rings (SSSR count). The van der Waals surface area contributed by atoms with Gasteiger partial charge in [0.15, 0.2) is 0 Å². The van der Waals surface area contributed by atoms with E-state index in [9.17, 15) is 9.18 Å². The summed E-state index contributed by atoms with van der Waals surface area (Å²) in [6.07, 6.45) is 0.978. The van der Waals surface area contributed by atoms with Gasteiger partial charge in [-0.2, -0.15) is 0 Å². The van der Waals surface area contributed by atoms with Gasteiger partial charge in [0.1, 0.15) is 22.8 Å². The number of rotatable bonds is 2. The fourth-order valence-corrected chi connectivity index (χ4v) is 2.45. The SMILES string of the molecule is Cc1onc(-c2c(F)cccc2Cl)c1C(=O)N1CCC1. The molecule has 0 spiro atoms. The molecule has 104 valence electrons. The maximum absolute atomic E-state index is 14.0. The molecule has 0 unspecified atom stereocenters. The topological polar surface area (TPSA) is 46.3 Å². The number of carbonyl (C=O) groups excluding carboxylic acids is 1. The van der Waals surface area contributed by atoms with Crippen molar-refractivity contribution in [3.63, 3.8) is 0 Å². The Labute approximate surface area is 120 Å². The van der Waals surface area contributed by atoms with Gasteiger partial charge in [-0.1, -0.05) is 22.8 Å². The van der Waals surface area contributed by atoms with E-state index in [1.54, 1.807) is 17.9 Å². The van der Waals surface area contributed by atoms with Gasteiger partial charge in [-0.3, -0.25) is 4.79 Å². The zero-order valence-corrected chi connectivity index (χ0v) is 11.6. The molecule has 1 amide bonds. The molecule has 0 N–H and O–H groups in total. The molecular formula is C14H12ClFN2O2. The first-order chi connectivity index (χ1) is 9.59. The number of carbonyl (C=O) groups is 1. The third-order valence-electron chi connectivity index (χ3n) is 3.42. The molecule has 0 radical (unpaired) electrons. The van der Waals surface area contributed by atoms with Gasteiger partial charge in [0.25, 0.3) is 5.91 Å². The van der Waals surface area contributed by atoms with E-state index in [0.717, 1.165) is 6.42 Å². The van der Waals surface area contributed by atoms with E-state index in [1.165, 1.54) is 12.1 Å². The second-order valence-corrected chi connectivity index (χ2v) is 5.11. The van der Waals surface area contributed by atoms with Crippen molar-refractivity contribution in [1.29, 1.82) is 0 Å². The van der Waals surface area contributed by atoms with E-state index >= 15 is 0 Å². The van der Waals surface area contributed by atoms with Crippen LogP contribution < -0.4 is 0 Å². The summed E-state index contributed by atoms with van der Waals surface area (Å²) in [4.78, 5) is 14.1. The summed E-state index contributed by atoms with van der Waals surface area (Å²) in [5.41, 5.74) is 0.564. The van der Waals surface area contributed by atoms with Crippen LogP contribution >= 0.6 is 11.6 Å². The fraction of sp³-hybridized carbons (Fsp3) is 0.286. The summed E-state index contributed by atoms with van der Waals surface area (Å²) in [6, 6.07) is 4.34. The predicted molar refractivity (Wildman–Crippen MR) is 72.2 cm³/mol. The Hall–Kier alpha value is -1.88. The first-order valence-electron chi connectivity index (χ1n) is 6.29. The van der Waals surface area contributed by atoms with Gasteiger partial charge < -0.3 is 9.42 Å². The lowest BCUT2D eigenvalue weighted by atomic mass is 10.0. The minimum atomic E-state index is -0.525. The van der Waals surface area contributed by atoms with Crippen molar-refractivity contribution in [3.8, 4) is 11.3 Å². The Balaban J connectivity index is 2.13. The molecule has 1 saturated heterocycles. The zero-order valence-electron chi connectivity index (χ0n) is 10.8. The smallest absolute Gasteiger partial charge is 0.259 e. The average Bonchev–Trinajstić information content (AvgIpc) is 2.68. The number of benzene rings is 1. The van der Waals surface area contributed by atoms with Crippen molar-refractivity contribution < 1.29 is 13.7 Å². The van der Waals surface area contributed by atoms with E-state index < -0.39 is 5.82 Å². The number of hydrogen-bond donors (Lipinski definition) is 0. The second-order valence-electron chi connectivity index (χ2n) is 4.70. The average molecular weight is 295 g/mol. The highest BCUT2D eigenvalue weighted by molar-refractivity contribution is 6.33. The maximum atomic E-state index is 14.0. The molecule has 0 atom stereocenters. The van der Waals surface area contributed by atoms with Gasteiger partial charge in [0.05, 0.1) is 10.6 Å². The molecule has 1 aromatic carbocycles. The minimum absolute atomic E-state index is 0.106. The van der Waals surface area contributed by atoms with Crippen molar-refractivity contribution in [2.75, 3.05) is 13.1 Å². The number of aromatic nitrogens is 1. The molecule has 0 bridgehead atoms. The Morgan fingerprint density at radius 3 is 2.80 bits per heavy atom. The largest absolute Gasteiger partial charge is 0.360 e. The lowest BCUT2D eigenvalue weighted by Gasteiger charge is -2.30. The molecular weight excluding hydrogens is 283 g/mol. The molecule has 1 aliphatic rings. The number of amides is 1. The van der Waals surface area contributed by atoms with Gasteiger partial charge in [0.2, 0.25) is 0 Å². The molecule has 20 heavy (non-hydrogen) atoms. The van der Waals surface area contributed by atoms with Crippen LogP contribution in [0.15, 0.2) is 22.7 Å². The number of nitrogens with zero attached hydrogens (tertiary/aromatic N) is 2. The predicted octanol–water partition coefficient (Wildman–Crippen LogP) is 3.29. The van der Waals surface area contributed by atoms with E-state index in [0.29, 0.717) is 18.8 Å². The Morgan fingerprint density at radius 1 is 1.45 bits per heavy atom. The number of likely N-dealkylation sites (tertiary alicyclic amines) is 1. The van der Waals surface area contributed by atoms with Crippen molar-refractivity contribution in [1.82, 2.24) is 10.1 Å². The van der Waals surface area contributed by atoms with Crippen molar-refractivity contribution in [2.45, 2.75) is 13.3 Å². The number of hydrogen-bond acceptors (Lipinski definition) is 3. The van der Waals surface area contributed by atoms with Crippen LogP contribution in [0.4, 0.5) is 4.39 Å². The Kier molecular flexibility index (Phi) is 3.22. The first-order valence-corrected chi connectivity index (χ1v) is 6.67. The van der Waals surface area contributed by atoms with Crippen LogP contribution in [0, 0.1) is 12.7 Å². The monoisotopic (exact) mass is 294 g/mol. The highest BCUT2D eigenvalue weighted by Crippen LogP contribution is 2.34. The zero-order chi connectivity index (χ0) is 14.3. The van der Waals surface area contributed by atoms with Gasteiger partial charge >= 0.3 is 0 Å². The van der Waals surface area contributed by atoms with E-state index in [2.05, 4.69) is 5.16 Å². The summed E-state index contributed by atoms with van der Waals surface area (Å²) in [6.45, 7) is 3.04. The molecule has 1 aromatic heterocycles. The summed E-state index contributed by atoms with van der Waals surface area (Å²) >= 11 is 6.03. The molecule has 1 aliphatic heterocycles. The van der Waals surface area contributed by atoms with Gasteiger partial charge in [-0.25, -0.2) is 4.39 Å². The number of halogens is 2. The lowest BCUT2D eigenvalue weighted by Crippen LogP contribution is -2.42. The van der Waals surface area contributed by atoms with Crippen LogP contribution in [0.5, 0.6) is 0 Å². The van der Waals surface area contributed by atoms with E-state index in [4.69, 9.17) is 16.1 Å². The normalized spacial score (nSPS) is 14.2. The summed E-state index contributed by atoms with van der Waals surface area (Å²) < 4.78 is 19.1. The van der Waals surface area contributed by atoms with E-state index in [1.807, 2.05) is 0 Å². The van der Waals surface area contributed by atoms with Gasteiger partial charge in [-0.15, -0.1) is 0 Å². The maximum Gasteiger partial charge on any atom is 0.259 e. The lowest BCUT2D eigenvalue weighted by molar-refractivity contribution is 0.0650. The molecule has 4 nitrogen and oxygen atoms in total. The van der Waals surface area contributed by atoms with Crippen LogP contribution in [0.25, 0.3) is 11.3 Å². The van der Waals surface area contributed by atoms with Crippen LogP contribution in [-0.4, -0.2) is 29.1 Å². The van der Waals surface area contributed by atoms with Gasteiger partial charge in [0, 0.05) is 13.1 Å². The quantitative estimate of drug-likeness (QED) is 0.854. The van der Waals surface area contributed by atoms with Crippen LogP contribution in [0.3, 0.4) is 0 Å². The molecule has 1 fully saturated rings. The molecule has 6 heteroatoms. The van der Waals surface area contributed by atoms with Crippen LogP contribution in [-0.2, 0) is 0 Å². The number of aryl methyl sites for hydroxylation is 1. The fourth-order valence-electron chi connectivity index (χ4n) is 2.20. The highest BCUT2D eigenvalue weighted by Gasteiger charge is 2.30. The van der Waals surface area contributed by atoms with Crippen LogP contribution in [0.2, 0.25) is 5.02 Å². The second kappa shape index (κ2) is 4.90. The molecule has 0 saturated carbocycles. The van der Waals surface area contributed by atoms with E-state index in [-0.39, 0.29) is 27.8 Å². The minimum Gasteiger partial charge on any atom is -0.360 e. The van der Waals surface area contributed by atoms with Crippen molar-refractivity contribution in [3.05, 3.63) is 40.4 Å². The van der Waals surface area contributed by atoms with Crippen molar-refractivity contribution >= 4 is 17.5 Å². The summed E-state index contributed by atoms with van der Waals surface area (Å²) in [5.74, 6) is -0.344. The molecule has 2 aromatic rings.